The molecule has 0 spiro atoms. The molecule has 0 atom stereocenters. The first-order valence-electron chi connectivity index (χ1n) is 6.69. The highest BCUT2D eigenvalue weighted by Gasteiger charge is 2.09. The summed E-state index contributed by atoms with van der Waals surface area (Å²) in [5.74, 6) is 0.666. The van der Waals surface area contributed by atoms with Gasteiger partial charge in [-0.3, -0.25) is 10.1 Å². The van der Waals surface area contributed by atoms with Crippen molar-refractivity contribution in [3.05, 3.63) is 26.9 Å². The van der Waals surface area contributed by atoms with E-state index in [0.29, 0.717) is 10.3 Å². The van der Waals surface area contributed by atoms with Crippen LogP contribution in [-0.2, 0) is 0 Å². The second kappa shape index (κ2) is 8.85. The Morgan fingerprint density at radius 2 is 2.00 bits per heavy atom. The summed E-state index contributed by atoms with van der Waals surface area (Å²) in [4.78, 5) is 14.2. The lowest BCUT2D eigenvalue weighted by Gasteiger charge is -2.07. The molecule has 0 aromatic carbocycles. The van der Waals surface area contributed by atoms with Gasteiger partial charge in [0.15, 0.2) is 0 Å². The van der Waals surface area contributed by atoms with Gasteiger partial charge < -0.3 is 5.32 Å². The fraction of sp³-hybridized carbons (Fsp3) is 0.615. The summed E-state index contributed by atoms with van der Waals surface area (Å²) < 4.78 is 0.632. The second-order valence-electron chi connectivity index (χ2n) is 4.48. The van der Waals surface area contributed by atoms with Crippen LogP contribution in [0.2, 0.25) is 0 Å². The number of nitrogens with zero attached hydrogens (tertiary/aromatic N) is 2. The van der Waals surface area contributed by atoms with Gasteiger partial charge >= 0.3 is 0 Å². The molecule has 0 aliphatic rings. The first-order valence-corrected chi connectivity index (χ1v) is 7.48. The summed E-state index contributed by atoms with van der Waals surface area (Å²) in [7, 11) is 0. The zero-order valence-corrected chi connectivity index (χ0v) is 12.8. The molecule has 1 rings (SSSR count). The average Bonchev–Trinajstić information content (AvgIpc) is 2.39. The van der Waals surface area contributed by atoms with Gasteiger partial charge in [-0.15, -0.1) is 0 Å². The molecular weight excluding hydrogens is 310 g/mol. The lowest BCUT2D eigenvalue weighted by atomic mass is 10.1. The van der Waals surface area contributed by atoms with Gasteiger partial charge in [0.25, 0.3) is 5.69 Å². The number of hydrogen-bond acceptors (Lipinski definition) is 4. The van der Waals surface area contributed by atoms with E-state index in [-0.39, 0.29) is 5.69 Å². The van der Waals surface area contributed by atoms with Crippen LogP contribution in [0, 0.1) is 10.1 Å². The summed E-state index contributed by atoms with van der Waals surface area (Å²) in [5, 5.41) is 13.8. The Kier molecular flexibility index (Phi) is 7.40. The van der Waals surface area contributed by atoms with Crippen LogP contribution >= 0.6 is 15.9 Å². The zero-order chi connectivity index (χ0) is 14.1. The van der Waals surface area contributed by atoms with Gasteiger partial charge in [-0.05, 0) is 22.4 Å². The second-order valence-corrected chi connectivity index (χ2v) is 5.33. The molecule has 0 radical (unpaired) electrons. The van der Waals surface area contributed by atoms with Crippen LogP contribution < -0.4 is 5.32 Å². The van der Waals surface area contributed by atoms with Gasteiger partial charge in [-0.25, -0.2) is 4.98 Å². The Morgan fingerprint density at radius 3 is 2.63 bits per heavy atom. The largest absolute Gasteiger partial charge is 0.369 e. The molecule has 19 heavy (non-hydrogen) atoms. The highest BCUT2D eigenvalue weighted by Crippen LogP contribution is 2.24. The molecule has 0 unspecified atom stereocenters. The SMILES string of the molecule is CCCCCCCCNc1ncc([N+](=O)[O-])cc1Br. The summed E-state index contributed by atoms with van der Waals surface area (Å²) in [6.07, 6.45) is 8.71. The summed E-state index contributed by atoms with van der Waals surface area (Å²) in [6.45, 7) is 3.05. The highest BCUT2D eigenvalue weighted by atomic mass is 79.9. The number of rotatable bonds is 9. The molecule has 0 saturated carbocycles. The average molecular weight is 330 g/mol. The zero-order valence-electron chi connectivity index (χ0n) is 11.2. The Morgan fingerprint density at radius 1 is 1.32 bits per heavy atom. The maximum atomic E-state index is 10.6. The van der Waals surface area contributed by atoms with Gasteiger partial charge in [-0.2, -0.15) is 0 Å². The smallest absolute Gasteiger partial charge is 0.288 e. The van der Waals surface area contributed by atoms with E-state index in [1.807, 2.05) is 0 Å². The third-order valence-electron chi connectivity index (χ3n) is 2.86. The number of nitro groups is 1. The van der Waals surface area contributed by atoms with Crippen LogP contribution in [0.15, 0.2) is 16.7 Å². The van der Waals surface area contributed by atoms with Crippen LogP contribution in [0.1, 0.15) is 45.4 Å². The van der Waals surface area contributed by atoms with Crippen molar-refractivity contribution in [2.75, 3.05) is 11.9 Å². The van der Waals surface area contributed by atoms with E-state index in [1.165, 1.54) is 44.4 Å². The fourth-order valence-electron chi connectivity index (χ4n) is 1.77. The molecule has 0 aliphatic heterocycles. The molecule has 0 bridgehead atoms. The van der Waals surface area contributed by atoms with Crippen molar-refractivity contribution in [3.63, 3.8) is 0 Å². The number of halogens is 1. The van der Waals surface area contributed by atoms with Gasteiger partial charge in [-0.1, -0.05) is 39.0 Å². The monoisotopic (exact) mass is 329 g/mol. The standard InChI is InChI=1S/C13H20BrN3O2/c1-2-3-4-5-6-7-8-15-13-12(14)9-11(10-16-13)17(18)19/h9-10H,2-8H2,1H3,(H,15,16). The van der Waals surface area contributed by atoms with E-state index in [9.17, 15) is 10.1 Å². The Hall–Kier alpha value is -1.17. The molecule has 1 aromatic rings. The molecule has 5 nitrogen and oxygen atoms in total. The van der Waals surface area contributed by atoms with E-state index in [1.54, 1.807) is 0 Å². The molecule has 0 amide bonds. The summed E-state index contributed by atoms with van der Waals surface area (Å²) in [5.41, 5.74) is -0.00279. The van der Waals surface area contributed by atoms with Crippen molar-refractivity contribution >= 4 is 27.4 Å². The molecule has 0 fully saturated rings. The lowest BCUT2D eigenvalue weighted by molar-refractivity contribution is -0.385. The van der Waals surface area contributed by atoms with E-state index in [4.69, 9.17) is 0 Å². The fourth-order valence-corrected chi connectivity index (χ4v) is 2.25. The molecule has 1 heterocycles. The Labute approximate surface area is 122 Å². The first kappa shape index (κ1) is 15.9. The normalized spacial score (nSPS) is 10.4. The van der Waals surface area contributed by atoms with Gasteiger partial charge in [0, 0.05) is 12.6 Å². The topological polar surface area (TPSA) is 68.1 Å². The molecule has 1 N–H and O–H groups in total. The highest BCUT2D eigenvalue weighted by molar-refractivity contribution is 9.10. The van der Waals surface area contributed by atoms with Crippen molar-refractivity contribution < 1.29 is 4.92 Å². The minimum Gasteiger partial charge on any atom is -0.369 e. The van der Waals surface area contributed by atoms with Gasteiger partial charge in [0.1, 0.15) is 12.0 Å². The molecule has 106 valence electrons. The van der Waals surface area contributed by atoms with Crippen molar-refractivity contribution in [2.45, 2.75) is 45.4 Å². The van der Waals surface area contributed by atoms with Crippen molar-refractivity contribution in [1.82, 2.24) is 4.98 Å². The number of aromatic nitrogens is 1. The maximum absolute atomic E-state index is 10.6. The maximum Gasteiger partial charge on any atom is 0.288 e. The number of nitrogens with one attached hydrogen (secondary N) is 1. The third-order valence-corrected chi connectivity index (χ3v) is 3.46. The van der Waals surface area contributed by atoms with E-state index < -0.39 is 4.92 Å². The molecular formula is C13H20BrN3O2. The van der Waals surface area contributed by atoms with E-state index >= 15 is 0 Å². The minimum atomic E-state index is -0.449. The molecule has 0 saturated heterocycles. The summed E-state index contributed by atoms with van der Waals surface area (Å²) >= 11 is 3.29. The van der Waals surface area contributed by atoms with Crippen molar-refractivity contribution in [1.29, 1.82) is 0 Å². The predicted octanol–water partition coefficient (Wildman–Crippen LogP) is 4.52. The molecule has 6 heteroatoms. The van der Waals surface area contributed by atoms with E-state index in [2.05, 4.69) is 33.2 Å². The Balaban J connectivity index is 2.28. The van der Waals surface area contributed by atoms with Crippen LogP contribution in [0.5, 0.6) is 0 Å². The molecule has 1 aromatic heterocycles. The van der Waals surface area contributed by atoms with Crippen LogP contribution in [0.3, 0.4) is 0 Å². The van der Waals surface area contributed by atoms with Gasteiger partial charge in [0.05, 0.1) is 9.40 Å². The molecule has 0 aliphatic carbocycles. The number of unbranched alkanes of at least 4 members (excludes halogenated alkanes) is 5. The quantitative estimate of drug-likeness (QED) is 0.410. The van der Waals surface area contributed by atoms with Gasteiger partial charge in [0.2, 0.25) is 0 Å². The van der Waals surface area contributed by atoms with Crippen molar-refractivity contribution in [2.24, 2.45) is 0 Å². The summed E-state index contributed by atoms with van der Waals surface area (Å²) in [6, 6.07) is 1.47. The number of hydrogen-bond donors (Lipinski definition) is 1. The lowest BCUT2D eigenvalue weighted by Crippen LogP contribution is -2.04. The van der Waals surface area contributed by atoms with Crippen LogP contribution in [0.4, 0.5) is 11.5 Å². The first-order chi connectivity index (χ1) is 9.15. The predicted molar refractivity (Wildman–Crippen MR) is 80.5 cm³/mol. The van der Waals surface area contributed by atoms with Crippen LogP contribution in [-0.4, -0.2) is 16.5 Å². The van der Waals surface area contributed by atoms with Crippen molar-refractivity contribution in [3.8, 4) is 0 Å². The minimum absolute atomic E-state index is 0.00279. The van der Waals surface area contributed by atoms with E-state index in [0.717, 1.165) is 13.0 Å². The van der Waals surface area contributed by atoms with Crippen LogP contribution in [0.25, 0.3) is 0 Å². The number of pyridine rings is 1. The Bertz CT molecular complexity index is 413. The number of anilines is 1. The third kappa shape index (κ3) is 6.00.